The monoisotopic (exact) mass is 409 g/mol. The highest BCUT2D eigenvalue weighted by Gasteiger charge is 2.35. The van der Waals surface area contributed by atoms with Crippen LogP contribution in [0.4, 0.5) is 0 Å². The van der Waals surface area contributed by atoms with Gasteiger partial charge in [0.15, 0.2) is 11.5 Å². The molecule has 0 bridgehead atoms. The maximum atomic E-state index is 13.0. The number of nitrogens with zero attached hydrogens (tertiary/aromatic N) is 2. The first-order valence-electron chi connectivity index (χ1n) is 9.43. The second-order valence-corrected chi connectivity index (χ2v) is 7.37. The normalized spacial score (nSPS) is 15.7. The van der Waals surface area contributed by atoms with Crippen molar-refractivity contribution in [1.29, 1.82) is 0 Å². The maximum absolute atomic E-state index is 13.0. The number of pyridine rings is 2. The lowest BCUT2D eigenvalue weighted by Crippen LogP contribution is -2.47. The van der Waals surface area contributed by atoms with Gasteiger partial charge >= 0.3 is 0 Å². The third-order valence-electron chi connectivity index (χ3n) is 5.81. The lowest BCUT2D eigenvalue weighted by atomic mass is 9.87. The van der Waals surface area contributed by atoms with Crippen molar-refractivity contribution in [1.82, 2.24) is 9.55 Å². The van der Waals surface area contributed by atoms with Gasteiger partial charge < -0.3 is 34.2 Å². The first kappa shape index (κ1) is 18.6. The quantitative estimate of drug-likeness (QED) is 0.481. The first-order valence-corrected chi connectivity index (χ1v) is 9.43. The fourth-order valence-corrected chi connectivity index (χ4v) is 4.13. The molecule has 9 nitrogen and oxygen atoms in total. The van der Waals surface area contributed by atoms with E-state index in [4.69, 9.17) is 9.47 Å². The smallest absolute Gasteiger partial charge is 0.257 e. The predicted octanol–water partition coefficient (Wildman–Crippen LogP) is -0.00630. The Kier molecular flexibility index (Phi) is 3.89. The minimum absolute atomic E-state index is 0.135. The summed E-state index contributed by atoms with van der Waals surface area (Å²) in [6.45, 7) is 1.10. The van der Waals surface area contributed by atoms with E-state index in [1.807, 2.05) is 12.1 Å². The number of hydrogen-bond acceptors (Lipinski definition) is 8. The molecule has 0 radical (unpaired) electrons. The molecule has 0 spiro atoms. The standard InChI is InChI=1S/C21H18N2O7/c1-2-21(28,20(26)27)13-5-15-18-11(7-23(15)19(25)12(13)8-24)3-10-4-16-17(30-9-29-16)6-14(10)22-18/h3-6,24,28H,2,7-9H2,1H3,(H,26,27)/p-1. The highest BCUT2D eigenvalue weighted by molar-refractivity contribution is 5.87. The fourth-order valence-electron chi connectivity index (χ4n) is 4.13. The molecule has 4 heterocycles. The van der Waals surface area contributed by atoms with Crippen molar-refractivity contribution in [3.63, 3.8) is 0 Å². The Morgan fingerprint density at radius 2 is 2.00 bits per heavy atom. The van der Waals surface area contributed by atoms with Gasteiger partial charge in [0, 0.05) is 28.1 Å². The lowest BCUT2D eigenvalue weighted by Gasteiger charge is -2.30. The molecule has 2 N–H and O–H groups in total. The molecule has 0 amide bonds. The second kappa shape index (κ2) is 6.28. The van der Waals surface area contributed by atoms with E-state index in [0.29, 0.717) is 28.4 Å². The summed E-state index contributed by atoms with van der Waals surface area (Å²) in [6, 6.07) is 6.84. The Bertz CT molecular complexity index is 1300. The number of carbonyl (C=O) groups is 1. The number of rotatable bonds is 4. The minimum Gasteiger partial charge on any atom is -0.547 e. The second-order valence-electron chi connectivity index (χ2n) is 7.37. The molecule has 0 aliphatic carbocycles. The van der Waals surface area contributed by atoms with Crippen LogP contribution in [0.1, 0.15) is 30.0 Å². The van der Waals surface area contributed by atoms with E-state index in [1.54, 1.807) is 6.07 Å². The molecule has 5 rings (SSSR count). The number of carbonyl (C=O) groups excluding carboxylic acids is 1. The van der Waals surface area contributed by atoms with Crippen LogP contribution >= 0.6 is 0 Å². The SMILES string of the molecule is CCC(O)(C(=O)[O-])c1cc2n(c(=O)c1CO)Cc1cc3cc4c(cc3nc1-2)OCO4. The molecule has 0 saturated heterocycles. The van der Waals surface area contributed by atoms with E-state index in [9.17, 15) is 24.9 Å². The number of carboxylic acids is 1. The summed E-state index contributed by atoms with van der Waals surface area (Å²) in [5.41, 5.74) is -1.08. The number of hydrogen-bond donors (Lipinski definition) is 2. The van der Waals surface area contributed by atoms with Crippen LogP contribution in [0, 0.1) is 0 Å². The van der Waals surface area contributed by atoms with E-state index in [1.165, 1.54) is 17.6 Å². The van der Waals surface area contributed by atoms with Gasteiger partial charge in [0.25, 0.3) is 5.56 Å². The van der Waals surface area contributed by atoms with Crippen LogP contribution in [0.5, 0.6) is 11.5 Å². The molecular weight excluding hydrogens is 392 g/mol. The molecule has 2 aliphatic rings. The molecule has 0 fully saturated rings. The van der Waals surface area contributed by atoms with Crippen molar-refractivity contribution in [2.24, 2.45) is 0 Å². The summed E-state index contributed by atoms with van der Waals surface area (Å²) < 4.78 is 12.2. The van der Waals surface area contributed by atoms with Gasteiger partial charge in [-0.15, -0.1) is 0 Å². The van der Waals surface area contributed by atoms with E-state index in [2.05, 4.69) is 4.98 Å². The van der Waals surface area contributed by atoms with Gasteiger partial charge in [-0.05, 0) is 24.6 Å². The number of carboxylic acid groups (broad SMARTS) is 1. The van der Waals surface area contributed by atoms with Crippen LogP contribution < -0.4 is 20.1 Å². The molecule has 0 saturated carbocycles. The van der Waals surface area contributed by atoms with Crippen LogP contribution in [-0.4, -0.2) is 32.5 Å². The topological polar surface area (TPSA) is 134 Å². The summed E-state index contributed by atoms with van der Waals surface area (Å²) in [5.74, 6) is -0.552. The molecule has 2 aromatic heterocycles. The molecule has 1 unspecified atom stereocenters. The third kappa shape index (κ3) is 2.39. The van der Waals surface area contributed by atoms with Gasteiger partial charge in [-0.1, -0.05) is 6.92 Å². The summed E-state index contributed by atoms with van der Waals surface area (Å²) in [6.07, 6.45) is -0.229. The molecule has 9 heteroatoms. The Morgan fingerprint density at radius 3 is 2.67 bits per heavy atom. The highest BCUT2D eigenvalue weighted by Crippen LogP contribution is 2.39. The summed E-state index contributed by atoms with van der Waals surface area (Å²) in [4.78, 5) is 29.4. The van der Waals surface area contributed by atoms with Crippen molar-refractivity contribution in [2.45, 2.75) is 32.1 Å². The van der Waals surface area contributed by atoms with E-state index >= 15 is 0 Å². The third-order valence-corrected chi connectivity index (χ3v) is 5.81. The Morgan fingerprint density at radius 1 is 1.27 bits per heavy atom. The molecule has 2 aliphatic heterocycles. The molecule has 30 heavy (non-hydrogen) atoms. The number of aliphatic carboxylic acids is 1. The van der Waals surface area contributed by atoms with Gasteiger partial charge in [0.1, 0.15) is 5.60 Å². The summed E-state index contributed by atoms with van der Waals surface area (Å²) in [5, 5.41) is 32.9. The molecule has 3 aromatic rings. The zero-order valence-electron chi connectivity index (χ0n) is 16.0. The van der Waals surface area contributed by atoms with E-state index in [-0.39, 0.29) is 30.9 Å². The average Bonchev–Trinajstić information content (AvgIpc) is 3.33. The lowest BCUT2D eigenvalue weighted by molar-refractivity contribution is -0.326. The summed E-state index contributed by atoms with van der Waals surface area (Å²) in [7, 11) is 0. The number of aliphatic hydroxyl groups is 2. The number of ether oxygens (including phenoxy) is 2. The Hall–Kier alpha value is -3.43. The van der Waals surface area contributed by atoms with Crippen molar-refractivity contribution in [2.75, 3.05) is 6.79 Å². The molecule has 1 atom stereocenters. The van der Waals surface area contributed by atoms with Gasteiger partial charge in [-0.25, -0.2) is 4.98 Å². The minimum atomic E-state index is -2.40. The maximum Gasteiger partial charge on any atom is 0.257 e. The van der Waals surface area contributed by atoms with Crippen LogP contribution in [0.15, 0.2) is 29.1 Å². The largest absolute Gasteiger partial charge is 0.547 e. The van der Waals surface area contributed by atoms with Crippen molar-refractivity contribution in [3.8, 4) is 22.9 Å². The average molecular weight is 409 g/mol. The number of fused-ring (bicyclic) bond motifs is 5. The van der Waals surface area contributed by atoms with Crippen LogP contribution in [0.2, 0.25) is 0 Å². The summed E-state index contributed by atoms with van der Waals surface area (Å²) >= 11 is 0. The Balaban J connectivity index is 1.77. The van der Waals surface area contributed by atoms with Crippen molar-refractivity contribution < 1.29 is 29.6 Å². The van der Waals surface area contributed by atoms with Gasteiger partial charge in [0.2, 0.25) is 6.79 Å². The highest BCUT2D eigenvalue weighted by atomic mass is 16.7. The number of benzene rings is 1. The molecular formula is C21H17N2O7-. The van der Waals surface area contributed by atoms with Crippen LogP contribution in [-0.2, 0) is 23.5 Å². The van der Waals surface area contributed by atoms with Gasteiger partial charge in [0.05, 0.1) is 36.0 Å². The van der Waals surface area contributed by atoms with Crippen LogP contribution in [0.25, 0.3) is 22.3 Å². The zero-order chi connectivity index (χ0) is 21.2. The van der Waals surface area contributed by atoms with Crippen molar-refractivity contribution >= 4 is 16.9 Å². The molecule has 1 aromatic carbocycles. The number of aromatic nitrogens is 2. The number of aliphatic hydroxyl groups excluding tert-OH is 1. The zero-order valence-corrected chi connectivity index (χ0v) is 16.0. The molecule has 154 valence electrons. The van der Waals surface area contributed by atoms with E-state index in [0.717, 1.165) is 10.9 Å². The van der Waals surface area contributed by atoms with Crippen molar-refractivity contribution in [3.05, 3.63) is 51.3 Å². The van der Waals surface area contributed by atoms with Gasteiger partial charge in [-0.3, -0.25) is 4.79 Å². The first-order chi connectivity index (χ1) is 14.4. The van der Waals surface area contributed by atoms with E-state index < -0.39 is 23.7 Å². The predicted molar refractivity (Wildman–Crippen MR) is 102 cm³/mol. The van der Waals surface area contributed by atoms with Gasteiger partial charge in [-0.2, -0.15) is 0 Å². The van der Waals surface area contributed by atoms with Crippen LogP contribution in [0.3, 0.4) is 0 Å². The Labute approximate surface area is 169 Å². The fraction of sp³-hybridized carbons (Fsp3) is 0.286.